The van der Waals surface area contributed by atoms with E-state index in [0.29, 0.717) is 13.2 Å². The van der Waals surface area contributed by atoms with Gasteiger partial charge < -0.3 is 14.8 Å². The molecule has 1 unspecified atom stereocenters. The quantitative estimate of drug-likeness (QED) is 0.780. The van der Waals surface area contributed by atoms with E-state index >= 15 is 0 Å². The van der Waals surface area contributed by atoms with Crippen molar-refractivity contribution in [3.63, 3.8) is 0 Å². The maximum absolute atomic E-state index is 11.9. The maximum Gasteiger partial charge on any atom is 0.317 e. The number of rotatable bonds is 7. The Morgan fingerprint density at radius 3 is 2.84 bits per heavy atom. The van der Waals surface area contributed by atoms with E-state index in [9.17, 15) is 4.79 Å². The summed E-state index contributed by atoms with van der Waals surface area (Å²) in [5, 5.41) is 5.91. The third kappa shape index (κ3) is 4.18. The molecule has 0 saturated heterocycles. The van der Waals surface area contributed by atoms with Crippen molar-refractivity contribution in [3.8, 4) is 0 Å². The van der Waals surface area contributed by atoms with Crippen molar-refractivity contribution < 1.29 is 14.3 Å². The molecular formula is C13H22N2O3S. The smallest absolute Gasteiger partial charge is 0.317 e. The van der Waals surface area contributed by atoms with Gasteiger partial charge in [0, 0.05) is 18.5 Å². The largest absolute Gasteiger partial charge is 0.465 e. The Labute approximate surface area is 118 Å². The zero-order valence-corrected chi connectivity index (χ0v) is 13.0. The van der Waals surface area contributed by atoms with Crippen LogP contribution in [0.25, 0.3) is 0 Å². The van der Waals surface area contributed by atoms with Gasteiger partial charge in [-0.15, -0.1) is 11.3 Å². The van der Waals surface area contributed by atoms with Crippen LogP contribution in [0.3, 0.4) is 0 Å². The SMILES string of the molecule is CCOC(=O)C(C)(C)c1csc(NC(C)COC)n1. The van der Waals surface area contributed by atoms with Crippen molar-refractivity contribution in [3.05, 3.63) is 11.1 Å². The molecule has 0 aliphatic rings. The van der Waals surface area contributed by atoms with Gasteiger partial charge in [0.1, 0.15) is 5.41 Å². The topological polar surface area (TPSA) is 60.5 Å². The highest BCUT2D eigenvalue weighted by atomic mass is 32.1. The number of ether oxygens (including phenoxy) is 2. The van der Waals surface area contributed by atoms with E-state index in [4.69, 9.17) is 9.47 Å². The molecule has 108 valence electrons. The Balaban J connectivity index is 2.75. The Kier molecular flexibility index (Phi) is 5.75. The van der Waals surface area contributed by atoms with Crippen LogP contribution in [0.15, 0.2) is 5.38 Å². The molecule has 1 rings (SSSR count). The van der Waals surface area contributed by atoms with E-state index in [1.807, 2.05) is 26.2 Å². The van der Waals surface area contributed by atoms with Gasteiger partial charge in [0.05, 0.1) is 18.9 Å². The molecule has 1 N–H and O–H groups in total. The summed E-state index contributed by atoms with van der Waals surface area (Å²) in [6.45, 7) is 8.44. The molecular weight excluding hydrogens is 264 g/mol. The van der Waals surface area contributed by atoms with Gasteiger partial charge in [-0.1, -0.05) is 0 Å². The molecule has 19 heavy (non-hydrogen) atoms. The predicted octanol–water partition coefficient (Wildman–Crippen LogP) is 2.43. The predicted molar refractivity (Wildman–Crippen MR) is 76.7 cm³/mol. The van der Waals surface area contributed by atoms with Crippen molar-refractivity contribution >= 4 is 22.4 Å². The summed E-state index contributed by atoms with van der Waals surface area (Å²) in [6.07, 6.45) is 0. The zero-order chi connectivity index (χ0) is 14.5. The molecule has 1 atom stereocenters. The van der Waals surface area contributed by atoms with Crippen LogP contribution in [0.4, 0.5) is 5.13 Å². The van der Waals surface area contributed by atoms with Crippen LogP contribution in [0.5, 0.6) is 0 Å². The Bertz CT molecular complexity index is 418. The highest BCUT2D eigenvalue weighted by Gasteiger charge is 2.34. The second-order valence-corrected chi connectivity index (χ2v) is 5.74. The third-order valence-electron chi connectivity index (χ3n) is 2.72. The number of nitrogens with one attached hydrogen (secondary N) is 1. The normalized spacial score (nSPS) is 13.1. The number of thiazole rings is 1. The molecule has 0 radical (unpaired) electrons. The van der Waals surface area contributed by atoms with Crippen LogP contribution in [0.1, 0.15) is 33.4 Å². The zero-order valence-electron chi connectivity index (χ0n) is 12.1. The number of nitrogens with zero attached hydrogens (tertiary/aromatic N) is 1. The van der Waals surface area contributed by atoms with Gasteiger partial charge >= 0.3 is 5.97 Å². The summed E-state index contributed by atoms with van der Waals surface area (Å²) in [5.74, 6) is -0.253. The molecule has 0 aliphatic heterocycles. The number of anilines is 1. The molecule has 0 spiro atoms. The number of hydrogen-bond donors (Lipinski definition) is 1. The first-order valence-corrected chi connectivity index (χ1v) is 7.18. The molecule has 5 nitrogen and oxygen atoms in total. The Hall–Kier alpha value is -1.14. The fourth-order valence-corrected chi connectivity index (χ4v) is 2.54. The van der Waals surface area contributed by atoms with Crippen LogP contribution >= 0.6 is 11.3 Å². The minimum Gasteiger partial charge on any atom is -0.465 e. The number of hydrogen-bond acceptors (Lipinski definition) is 6. The number of aromatic nitrogens is 1. The van der Waals surface area contributed by atoms with Crippen LogP contribution in [-0.4, -0.2) is 37.3 Å². The number of esters is 1. The first-order valence-electron chi connectivity index (χ1n) is 6.30. The monoisotopic (exact) mass is 286 g/mol. The number of methoxy groups -OCH3 is 1. The summed E-state index contributed by atoms with van der Waals surface area (Å²) in [6, 6.07) is 0.176. The summed E-state index contributed by atoms with van der Waals surface area (Å²) < 4.78 is 10.1. The van der Waals surface area contributed by atoms with E-state index in [2.05, 4.69) is 10.3 Å². The van der Waals surface area contributed by atoms with E-state index in [1.165, 1.54) is 11.3 Å². The van der Waals surface area contributed by atoms with Crippen molar-refractivity contribution in [1.29, 1.82) is 0 Å². The maximum atomic E-state index is 11.9. The van der Waals surface area contributed by atoms with Crippen LogP contribution < -0.4 is 5.32 Å². The average Bonchev–Trinajstić information content (AvgIpc) is 2.78. The lowest BCUT2D eigenvalue weighted by atomic mass is 9.90. The molecule has 6 heteroatoms. The fourth-order valence-electron chi connectivity index (χ4n) is 1.55. The van der Waals surface area contributed by atoms with Gasteiger partial charge in [0.15, 0.2) is 5.13 Å². The van der Waals surface area contributed by atoms with Crippen molar-refractivity contribution in [1.82, 2.24) is 4.98 Å². The van der Waals surface area contributed by atoms with Gasteiger partial charge in [-0.3, -0.25) is 4.79 Å². The van der Waals surface area contributed by atoms with Crippen molar-refractivity contribution in [2.75, 3.05) is 25.6 Å². The summed E-state index contributed by atoms with van der Waals surface area (Å²) >= 11 is 1.48. The minimum atomic E-state index is -0.725. The average molecular weight is 286 g/mol. The van der Waals surface area contributed by atoms with Gasteiger partial charge in [-0.05, 0) is 27.7 Å². The van der Waals surface area contributed by atoms with Gasteiger partial charge in [0.2, 0.25) is 0 Å². The molecule has 1 heterocycles. The van der Waals surface area contributed by atoms with E-state index in [1.54, 1.807) is 14.0 Å². The van der Waals surface area contributed by atoms with E-state index in [-0.39, 0.29) is 12.0 Å². The van der Waals surface area contributed by atoms with Crippen LogP contribution in [0, 0.1) is 0 Å². The molecule has 0 amide bonds. The molecule has 1 aromatic rings. The molecule has 0 aliphatic carbocycles. The highest BCUT2D eigenvalue weighted by Crippen LogP contribution is 2.28. The summed E-state index contributed by atoms with van der Waals surface area (Å²) in [4.78, 5) is 16.4. The lowest BCUT2D eigenvalue weighted by molar-refractivity contribution is -0.148. The van der Waals surface area contributed by atoms with E-state index in [0.717, 1.165) is 10.8 Å². The number of carbonyl (C=O) groups excluding carboxylic acids is 1. The molecule has 0 fully saturated rings. The fraction of sp³-hybridized carbons (Fsp3) is 0.692. The van der Waals surface area contributed by atoms with Crippen LogP contribution in [0.2, 0.25) is 0 Å². The first kappa shape index (κ1) is 15.9. The van der Waals surface area contributed by atoms with Gasteiger partial charge in [-0.25, -0.2) is 4.98 Å². The second kappa shape index (κ2) is 6.86. The molecule has 0 aromatic carbocycles. The third-order valence-corrected chi connectivity index (χ3v) is 3.49. The molecule has 0 saturated carbocycles. The summed E-state index contributed by atoms with van der Waals surface area (Å²) in [5.41, 5.74) is -0.000202. The van der Waals surface area contributed by atoms with Crippen molar-refractivity contribution in [2.24, 2.45) is 0 Å². The Morgan fingerprint density at radius 1 is 1.58 bits per heavy atom. The molecule has 0 bridgehead atoms. The lowest BCUT2D eigenvalue weighted by Crippen LogP contribution is -2.31. The summed E-state index contributed by atoms with van der Waals surface area (Å²) in [7, 11) is 1.66. The standard InChI is InChI=1S/C13H22N2O3S/c1-6-18-11(16)13(3,4)10-8-19-12(15-10)14-9(2)7-17-5/h8-9H,6-7H2,1-5H3,(H,14,15). The Morgan fingerprint density at radius 2 is 2.26 bits per heavy atom. The second-order valence-electron chi connectivity index (χ2n) is 4.88. The van der Waals surface area contributed by atoms with Gasteiger partial charge in [-0.2, -0.15) is 0 Å². The van der Waals surface area contributed by atoms with E-state index < -0.39 is 5.41 Å². The highest BCUT2D eigenvalue weighted by molar-refractivity contribution is 7.13. The van der Waals surface area contributed by atoms with Crippen LogP contribution in [-0.2, 0) is 19.7 Å². The first-order chi connectivity index (χ1) is 8.91. The van der Waals surface area contributed by atoms with Crippen molar-refractivity contribution in [2.45, 2.75) is 39.2 Å². The van der Waals surface area contributed by atoms with Gasteiger partial charge in [0.25, 0.3) is 0 Å². The number of carbonyl (C=O) groups is 1. The molecule has 1 aromatic heterocycles. The minimum absolute atomic E-state index is 0.176. The lowest BCUT2D eigenvalue weighted by Gasteiger charge is -2.19.